The van der Waals surface area contributed by atoms with E-state index in [2.05, 4.69) is 29.7 Å². The van der Waals surface area contributed by atoms with Gasteiger partial charge in [-0.25, -0.2) is 5.06 Å². The summed E-state index contributed by atoms with van der Waals surface area (Å²) in [7, 11) is 1.34. The van der Waals surface area contributed by atoms with Crippen molar-refractivity contribution in [3.05, 3.63) is 12.2 Å². The number of amides is 3. The Bertz CT molecular complexity index is 622. The van der Waals surface area contributed by atoms with E-state index >= 15 is 0 Å². The highest BCUT2D eigenvalue weighted by atomic mass is 16.5. The Labute approximate surface area is 185 Å². The third-order valence-electron chi connectivity index (χ3n) is 6.28. The van der Waals surface area contributed by atoms with E-state index in [9.17, 15) is 14.4 Å². The standard InChI is InChI=1S/C23H39N3O5/c1-3-4-7-11-21(27)25-16-22(28)24-15-18-17(19-13-14-20(18)31-19)10-8-5-6-9-12-23(29)26(2)30/h5,8,17-20,30H,3-4,6-7,9-16H2,1-2H3,(H,24,28)(H,25,27)/b8-5-/t17-,18+,19-,20+/m0/s1. The molecule has 2 saturated heterocycles. The van der Waals surface area contributed by atoms with Gasteiger partial charge in [0.05, 0.1) is 18.8 Å². The van der Waals surface area contributed by atoms with E-state index in [1.165, 1.54) is 7.05 Å². The number of ether oxygens (including phenoxy) is 1. The van der Waals surface area contributed by atoms with Crippen LogP contribution in [0.2, 0.25) is 0 Å². The summed E-state index contributed by atoms with van der Waals surface area (Å²) in [6, 6.07) is 0. The van der Waals surface area contributed by atoms with E-state index in [1.54, 1.807) is 0 Å². The van der Waals surface area contributed by atoms with Crippen molar-refractivity contribution >= 4 is 17.7 Å². The normalized spacial score (nSPS) is 24.5. The van der Waals surface area contributed by atoms with Crippen LogP contribution in [-0.2, 0) is 19.1 Å². The highest BCUT2D eigenvalue weighted by Gasteiger charge is 2.47. The summed E-state index contributed by atoms with van der Waals surface area (Å²) in [5.41, 5.74) is 0. The Morgan fingerprint density at radius 1 is 1.00 bits per heavy atom. The molecular formula is C23H39N3O5. The first-order valence-corrected chi connectivity index (χ1v) is 11.7. The molecule has 31 heavy (non-hydrogen) atoms. The molecule has 3 amide bonds. The number of unbranched alkanes of at least 4 members (excludes halogenated alkanes) is 3. The van der Waals surface area contributed by atoms with Gasteiger partial charge in [-0.3, -0.25) is 19.6 Å². The molecule has 0 saturated carbocycles. The van der Waals surface area contributed by atoms with Gasteiger partial charge in [0.15, 0.2) is 0 Å². The van der Waals surface area contributed by atoms with E-state index in [0.717, 1.165) is 44.9 Å². The van der Waals surface area contributed by atoms with Crippen LogP contribution in [0.1, 0.15) is 71.1 Å². The summed E-state index contributed by atoms with van der Waals surface area (Å²) in [5.74, 6) is 0.172. The maximum atomic E-state index is 12.2. The molecule has 2 rings (SSSR count). The molecule has 0 aromatic heterocycles. The van der Waals surface area contributed by atoms with Crippen molar-refractivity contribution < 1.29 is 24.3 Å². The van der Waals surface area contributed by atoms with Gasteiger partial charge in [0.1, 0.15) is 0 Å². The van der Waals surface area contributed by atoms with Crippen molar-refractivity contribution in [2.45, 2.75) is 83.3 Å². The zero-order chi connectivity index (χ0) is 22.6. The molecule has 3 N–H and O–H groups in total. The van der Waals surface area contributed by atoms with Crippen LogP contribution in [0, 0.1) is 11.8 Å². The van der Waals surface area contributed by atoms with E-state index in [-0.39, 0.29) is 42.4 Å². The Morgan fingerprint density at radius 3 is 2.45 bits per heavy atom. The number of rotatable bonds is 14. The van der Waals surface area contributed by atoms with Crippen molar-refractivity contribution in [2.75, 3.05) is 20.1 Å². The third kappa shape index (κ3) is 8.61. The van der Waals surface area contributed by atoms with Crippen molar-refractivity contribution in [1.29, 1.82) is 0 Å². The quantitative estimate of drug-likeness (QED) is 0.168. The lowest BCUT2D eigenvalue weighted by atomic mass is 9.77. The fourth-order valence-electron chi connectivity index (χ4n) is 4.48. The van der Waals surface area contributed by atoms with Crippen LogP contribution in [0.3, 0.4) is 0 Å². The first-order chi connectivity index (χ1) is 14.9. The Balaban J connectivity index is 1.67. The minimum atomic E-state index is -0.275. The van der Waals surface area contributed by atoms with Crippen LogP contribution in [-0.4, -0.2) is 60.3 Å². The largest absolute Gasteiger partial charge is 0.374 e. The number of hydrogen-bond donors (Lipinski definition) is 3. The Kier molecular flexibility index (Phi) is 11.0. The van der Waals surface area contributed by atoms with Crippen LogP contribution >= 0.6 is 0 Å². The Hall–Kier alpha value is -1.93. The number of fused-ring (bicyclic) bond motifs is 2. The SMILES string of the molecule is CCCCCC(=O)NCC(=O)NC[C@@H]1[C@H](C/C=C\CCCC(=O)N(C)O)[C@@H]2CC[C@H]1O2. The predicted octanol–water partition coefficient (Wildman–Crippen LogP) is 2.56. The minimum Gasteiger partial charge on any atom is -0.374 e. The van der Waals surface area contributed by atoms with Crippen LogP contribution in [0.5, 0.6) is 0 Å². The summed E-state index contributed by atoms with van der Waals surface area (Å²) in [6.07, 6.45) is 12.9. The number of hydrogen-bond acceptors (Lipinski definition) is 5. The van der Waals surface area contributed by atoms with Gasteiger partial charge >= 0.3 is 0 Å². The molecule has 4 atom stereocenters. The molecule has 0 unspecified atom stereocenters. The van der Waals surface area contributed by atoms with Crippen molar-refractivity contribution in [1.82, 2.24) is 15.7 Å². The number of allylic oxidation sites excluding steroid dienone is 2. The predicted molar refractivity (Wildman–Crippen MR) is 117 cm³/mol. The number of carbonyl (C=O) groups excluding carboxylic acids is 3. The van der Waals surface area contributed by atoms with Gasteiger partial charge in [-0.15, -0.1) is 0 Å². The fraction of sp³-hybridized carbons (Fsp3) is 0.783. The summed E-state index contributed by atoms with van der Waals surface area (Å²) in [4.78, 5) is 35.3. The van der Waals surface area contributed by atoms with Gasteiger partial charge < -0.3 is 15.4 Å². The molecule has 0 aromatic rings. The minimum absolute atomic E-state index is 0.0267. The van der Waals surface area contributed by atoms with E-state index < -0.39 is 0 Å². The smallest absolute Gasteiger partial charge is 0.245 e. The molecule has 0 spiro atoms. The molecule has 0 aliphatic carbocycles. The van der Waals surface area contributed by atoms with Gasteiger partial charge in [0, 0.05) is 32.4 Å². The van der Waals surface area contributed by atoms with Crippen LogP contribution in [0.4, 0.5) is 0 Å². The van der Waals surface area contributed by atoms with Gasteiger partial charge in [-0.2, -0.15) is 0 Å². The molecule has 2 aliphatic rings. The molecule has 8 nitrogen and oxygen atoms in total. The first-order valence-electron chi connectivity index (χ1n) is 11.7. The molecule has 0 radical (unpaired) electrons. The number of carbonyl (C=O) groups is 3. The molecular weight excluding hydrogens is 398 g/mol. The van der Waals surface area contributed by atoms with Crippen molar-refractivity contribution in [3.8, 4) is 0 Å². The van der Waals surface area contributed by atoms with Gasteiger partial charge in [-0.1, -0.05) is 31.9 Å². The van der Waals surface area contributed by atoms with Crippen molar-refractivity contribution in [2.24, 2.45) is 11.8 Å². The van der Waals surface area contributed by atoms with Crippen molar-refractivity contribution in [3.63, 3.8) is 0 Å². The van der Waals surface area contributed by atoms with Crippen LogP contribution < -0.4 is 10.6 Å². The van der Waals surface area contributed by atoms with Gasteiger partial charge in [0.25, 0.3) is 0 Å². The lowest BCUT2D eigenvalue weighted by Gasteiger charge is -2.27. The molecule has 0 aromatic carbocycles. The summed E-state index contributed by atoms with van der Waals surface area (Å²) in [6.45, 7) is 2.69. The zero-order valence-corrected chi connectivity index (χ0v) is 19.0. The second-order valence-electron chi connectivity index (χ2n) is 8.67. The van der Waals surface area contributed by atoms with Gasteiger partial charge in [0.2, 0.25) is 17.7 Å². The van der Waals surface area contributed by atoms with E-state index in [4.69, 9.17) is 9.94 Å². The Morgan fingerprint density at radius 2 is 1.74 bits per heavy atom. The fourth-order valence-corrected chi connectivity index (χ4v) is 4.48. The second-order valence-corrected chi connectivity index (χ2v) is 8.67. The second kappa shape index (κ2) is 13.5. The maximum absolute atomic E-state index is 12.2. The number of hydroxylamine groups is 2. The van der Waals surface area contributed by atoms with Gasteiger partial charge in [-0.05, 0) is 44.4 Å². The highest BCUT2D eigenvalue weighted by molar-refractivity contribution is 5.84. The van der Waals surface area contributed by atoms with E-state index in [1.807, 2.05) is 0 Å². The van der Waals surface area contributed by atoms with Crippen LogP contribution in [0.25, 0.3) is 0 Å². The average molecular weight is 438 g/mol. The lowest BCUT2D eigenvalue weighted by molar-refractivity contribution is -0.159. The summed E-state index contributed by atoms with van der Waals surface area (Å²) < 4.78 is 6.09. The number of nitrogens with zero attached hydrogens (tertiary/aromatic N) is 1. The van der Waals surface area contributed by atoms with Crippen LogP contribution in [0.15, 0.2) is 12.2 Å². The number of nitrogens with one attached hydrogen (secondary N) is 2. The molecule has 8 heteroatoms. The lowest BCUT2D eigenvalue weighted by Crippen LogP contribution is -2.42. The maximum Gasteiger partial charge on any atom is 0.245 e. The third-order valence-corrected chi connectivity index (χ3v) is 6.28. The summed E-state index contributed by atoms with van der Waals surface area (Å²) in [5, 5.41) is 15.4. The molecule has 2 fully saturated rings. The molecule has 2 aliphatic heterocycles. The molecule has 2 bridgehead atoms. The average Bonchev–Trinajstić information content (AvgIpc) is 3.35. The zero-order valence-electron chi connectivity index (χ0n) is 19.0. The molecule has 2 heterocycles. The molecule has 176 valence electrons. The monoisotopic (exact) mass is 437 g/mol. The topological polar surface area (TPSA) is 108 Å². The highest BCUT2D eigenvalue weighted by Crippen LogP contribution is 2.44. The summed E-state index contributed by atoms with van der Waals surface area (Å²) >= 11 is 0. The first kappa shape index (κ1) is 25.3. The van der Waals surface area contributed by atoms with E-state index in [0.29, 0.717) is 36.8 Å².